The van der Waals surface area contributed by atoms with Crippen molar-refractivity contribution < 1.29 is 4.84 Å². The average molecular weight is 294 g/mol. The maximum absolute atomic E-state index is 5.60. The summed E-state index contributed by atoms with van der Waals surface area (Å²) in [7, 11) is 4.07. The quantitative estimate of drug-likeness (QED) is 0.639. The molecule has 0 aliphatic heterocycles. The summed E-state index contributed by atoms with van der Waals surface area (Å²) in [5.41, 5.74) is 6.03. The Hall–Kier alpha value is -2.13. The molecule has 0 saturated carbocycles. The van der Waals surface area contributed by atoms with Crippen LogP contribution in [0.2, 0.25) is 0 Å². The van der Waals surface area contributed by atoms with Gasteiger partial charge in [-0.25, -0.2) is 0 Å². The van der Waals surface area contributed by atoms with E-state index < -0.39 is 0 Å². The number of nitrogens with zero attached hydrogens (tertiary/aromatic N) is 2. The van der Waals surface area contributed by atoms with Crippen molar-refractivity contribution in [1.82, 2.24) is 4.90 Å². The highest BCUT2D eigenvalue weighted by molar-refractivity contribution is 6.14. The second-order valence-corrected chi connectivity index (χ2v) is 5.89. The first-order chi connectivity index (χ1) is 10.8. The van der Waals surface area contributed by atoms with E-state index in [-0.39, 0.29) is 0 Å². The SMILES string of the molecule is CN(C)CCON=C1c2ccccc2CCc2ccccc21. The molecule has 0 unspecified atom stereocenters. The third-order valence-electron chi connectivity index (χ3n) is 3.99. The van der Waals surface area contributed by atoms with Crippen molar-refractivity contribution in [2.75, 3.05) is 27.2 Å². The Morgan fingerprint density at radius 3 is 2.00 bits per heavy atom. The molecule has 0 amide bonds. The molecule has 2 aromatic rings. The Morgan fingerprint density at radius 2 is 1.45 bits per heavy atom. The molecule has 0 fully saturated rings. The maximum atomic E-state index is 5.60. The molecule has 2 aromatic carbocycles. The predicted octanol–water partition coefficient (Wildman–Crippen LogP) is 3.12. The summed E-state index contributed by atoms with van der Waals surface area (Å²) >= 11 is 0. The summed E-state index contributed by atoms with van der Waals surface area (Å²) in [5, 5.41) is 4.49. The van der Waals surface area contributed by atoms with Gasteiger partial charge in [-0.3, -0.25) is 0 Å². The van der Waals surface area contributed by atoms with Gasteiger partial charge in [0.15, 0.2) is 0 Å². The fourth-order valence-corrected chi connectivity index (χ4v) is 2.79. The van der Waals surface area contributed by atoms with Crippen LogP contribution in [-0.2, 0) is 17.7 Å². The second-order valence-electron chi connectivity index (χ2n) is 5.89. The van der Waals surface area contributed by atoms with E-state index in [1.807, 2.05) is 14.1 Å². The number of aryl methyl sites for hydroxylation is 2. The highest BCUT2D eigenvalue weighted by Crippen LogP contribution is 2.25. The number of oxime groups is 1. The van der Waals surface area contributed by atoms with Crippen LogP contribution in [0.1, 0.15) is 22.3 Å². The molecule has 114 valence electrons. The number of rotatable bonds is 4. The lowest BCUT2D eigenvalue weighted by Crippen LogP contribution is -2.17. The fourth-order valence-electron chi connectivity index (χ4n) is 2.79. The normalized spacial score (nSPS) is 13.3. The van der Waals surface area contributed by atoms with Gasteiger partial charge in [-0.05, 0) is 38.1 Å². The van der Waals surface area contributed by atoms with Crippen LogP contribution in [0.15, 0.2) is 53.7 Å². The van der Waals surface area contributed by atoms with E-state index >= 15 is 0 Å². The molecule has 0 N–H and O–H groups in total. The Bertz CT molecular complexity index is 627. The molecular formula is C19H22N2O. The van der Waals surface area contributed by atoms with Crippen molar-refractivity contribution in [3.8, 4) is 0 Å². The number of hydrogen-bond donors (Lipinski definition) is 0. The molecule has 1 aliphatic rings. The highest BCUT2D eigenvalue weighted by atomic mass is 16.6. The molecule has 3 nitrogen and oxygen atoms in total. The Morgan fingerprint density at radius 1 is 0.909 bits per heavy atom. The highest BCUT2D eigenvalue weighted by Gasteiger charge is 2.19. The first kappa shape index (κ1) is 14.8. The summed E-state index contributed by atoms with van der Waals surface area (Å²) in [6.45, 7) is 1.46. The molecule has 3 rings (SSSR count). The van der Waals surface area contributed by atoms with Crippen LogP contribution in [0.5, 0.6) is 0 Å². The van der Waals surface area contributed by atoms with Crippen LogP contribution >= 0.6 is 0 Å². The lowest BCUT2D eigenvalue weighted by atomic mass is 9.98. The summed E-state index contributed by atoms with van der Waals surface area (Å²) in [5.74, 6) is 0. The van der Waals surface area contributed by atoms with Crippen LogP contribution in [0.25, 0.3) is 0 Å². The van der Waals surface area contributed by atoms with Crippen molar-refractivity contribution in [2.45, 2.75) is 12.8 Å². The van der Waals surface area contributed by atoms with Crippen molar-refractivity contribution in [2.24, 2.45) is 5.16 Å². The van der Waals surface area contributed by atoms with Crippen LogP contribution in [0, 0.1) is 0 Å². The minimum atomic E-state index is 0.598. The van der Waals surface area contributed by atoms with Gasteiger partial charge < -0.3 is 9.74 Å². The number of fused-ring (bicyclic) bond motifs is 2. The molecule has 0 heterocycles. The molecule has 0 bridgehead atoms. The topological polar surface area (TPSA) is 24.8 Å². The van der Waals surface area contributed by atoms with Crippen molar-refractivity contribution >= 4 is 5.71 Å². The van der Waals surface area contributed by atoms with Gasteiger partial charge in [0.2, 0.25) is 0 Å². The first-order valence-electron chi connectivity index (χ1n) is 7.77. The van der Waals surface area contributed by atoms with Crippen molar-refractivity contribution in [1.29, 1.82) is 0 Å². The maximum Gasteiger partial charge on any atom is 0.129 e. The molecule has 0 aromatic heterocycles. The predicted molar refractivity (Wildman–Crippen MR) is 90.4 cm³/mol. The van der Waals surface area contributed by atoms with Gasteiger partial charge in [-0.2, -0.15) is 0 Å². The van der Waals surface area contributed by atoms with Gasteiger partial charge in [-0.1, -0.05) is 53.7 Å². The molecule has 0 radical (unpaired) electrons. The van der Waals surface area contributed by atoms with E-state index in [4.69, 9.17) is 4.84 Å². The standard InChI is InChI=1S/C19H22N2O/c1-21(2)13-14-22-20-19-17-9-5-3-7-15(17)11-12-16-8-4-6-10-18(16)19/h3-10H,11-14H2,1-2H3. The monoisotopic (exact) mass is 294 g/mol. The summed E-state index contributed by atoms with van der Waals surface area (Å²) in [4.78, 5) is 7.69. The Balaban J connectivity index is 1.97. The Labute approximate surface area is 132 Å². The average Bonchev–Trinajstić information content (AvgIpc) is 2.69. The van der Waals surface area contributed by atoms with Gasteiger partial charge >= 0.3 is 0 Å². The molecule has 3 heteroatoms. The summed E-state index contributed by atoms with van der Waals surface area (Å²) in [6, 6.07) is 17.0. The molecule has 0 atom stereocenters. The van der Waals surface area contributed by atoms with Crippen LogP contribution in [0.3, 0.4) is 0 Å². The molecular weight excluding hydrogens is 272 g/mol. The molecule has 1 aliphatic carbocycles. The van der Waals surface area contributed by atoms with E-state index in [0.717, 1.165) is 25.1 Å². The van der Waals surface area contributed by atoms with Crippen LogP contribution in [-0.4, -0.2) is 37.9 Å². The van der Waals surface area contributed by atoms with Crippen LogP contribution in [0.4, 0.5) is 0 Å². The van der Waals surface area contributed by atoms with Gasteiger partial charge in [0.05, 0.1) is 0 Å². The van der Waals surface area contributed by atoms with Crippen molar-refractivity contribution in [3.63, 3.8) is 0 Å². The zero-order chi connectivity index (χ0) is 15.4. The zero-order valence-corrected chi connectivity index (χ0v) is 13.2. The number of benzene rings is 2. The fraction of sp³-hybridized carbons (Fsp3) is 0.316. The van der Waals surface area contributed by atoms with E-state index in [2.05, 4.69) is 58.6 Å². The molecule has 22 heavy (non-hydrogen) atoms. The van der Waals surface area contributed by atoms with E-state index in [9.17, 15) is 0 Å². The minimum Gasteiger partial charge on any atom is -0.394 e. The van der Waals surface area contributed by atoms with Crippen molar-refractivity contribution in [3.05, 3.63) is 70.8 Å². The third-order valence-corrected chi connectivity index (χ3v) is 3.99. The van der Waals surface area contributed by atoms with Gasteiger partial charge in [0.1, 0.15) is 12.3 Å². The second kappa shape index (κ2) is 6.75. The number of hydrogen-bond acceptors (Lipinski definition) is 3. The summed E-state index contributed by atoms with van der Waals surface area (Å²) < 4.78 is 0. The molecule has 0 spiro atoms. The van der Waals surface area contributed by atoms with Gasteiger partial charge in [0.25, 0.3) is 0 Å². The lowest BCUT2D eigenvalue weighted by Gasteiger charge is -2.11. The van der Waals surface area contributed by atoms with Gasteiger partial charge in [0, 0.05) is 17.7 Å². The largest absolute Gasteiger partial charge is 0.394 e. The molecule has 0 saturated heterocycles. The van der Waals surface area contributed by atoms with Crippen LogP contribution < -0.4 is 0 Å². The lowest BCUT2D eigenvalue weighted by molar-refractivity contribution is 0.126. The third kappa shape index (κ3) is 3.20. The van der Waals surface area contributed by atoms with E-state index in [0.29, 0.717) is 6.61 Å². The Kier molecular flexibility index (Phi) is 4.54. The van der Waals surface area contributed by atoms with E-state index in [1.54, 1.807) is 0 Å². The van der Waals surface area contributed by atoms with E-state index in [1.165, 1.54) is 22.3 Å². The summed E-state index contributed by atoms with van der Waals surface area (Å²) in [6.07, 6.45) is 2.09. The minimum absolute atomic E-state index is 0.598. The zero-order valence-electron chi connectivity index (χ0n) is 13.2. The smallest absolute Gasteiger partial charge is 0.129 e. The first-order valence-corrected chi connectivity index (χ1v) is 7.77. The van der Waals surface area contributed by atoms with Gasteiger partial charge in [-0.15, -0.1) is 0 Å². The number of likely N-dealkylation sites (N-methyl/N-ethyl adjacent to an activating group) is 1.